The number of hydrogen-bond acceptors (Lipinski definition) is 4. The summed E-state index contributed by atoms with van der Waals surface area (Å²) in [5.74, 6) is -0.181. The van der Waals surface area contributed by atoms with E-state index >= 15 is 0 Å². The number of nitrogens with one attached hydrogen (secondary N) is 2. The third kappa shape index (κ3) is 3.55. The first-order valence-corrected chi connectivity index (χ1v) is 9.10. The van der Waals surface area contributed by atoms with Gasteiger partial charge in [-0.1, -0.05) is 55.5 Å². The topological polar surface area (TPSA) is 87.7 Å². The summed E-state index contributed by atoms with van der Waals surface area (Å²) >= 11 is 0. The number of nitrogens with zero attached hydrogens (tertiary/aromatic N) is 1. The van der Waals surface area contributed by atoms with E-state index in [0.717, 1.165) is 10.5 Å². The van der Waals surface area contributed by atoms with Crippen LogP contribution in [0, 0.1) is 0 Å². The number of urea groups is 1. The van der Waals surface area contributed by atoms with Crippen LogP contribution < -0.4 is 15.4 Å². The lowest BCUT2D eigenvalue weighted by Crippen LogP contribution is -2.44. The van der Waals surface area contributed by atoms with Gasteiger partial charge in [0.15, 0.2) is 0 Å². The SMILES string of the molecule is CC[C@@]1(c2ccccc2)NC(=O)N(CC(=O)NCc2ccccc2OC)C1=O. The molecule has 1 aliphatic rings. The molecule has 4 amide bonds. The van der Waals surface area contributed by atoms with Crippen LogP contribution in [0.2, 0.25) is 0 Å². The van der Waals surface area contributed by atoms with Gasteiger partial charge in [0.05, 0.1) is 7.11 Å². The van der Waals surface area contributed by atoms with Gasteiger partial charge in [-0.3, -0.25) is 14.5 Å². The minimum absolute atomic E-state index is 0.240. The van der Waals surface area contributed by atoms with Gasteiger partial charge in [-0.15, -0.1) is 0 Å². The molecule has 1 heterocycles. The number of ether oxygens (including phenoxy) is 1. The molecule has 0 spiro atoms. The smallest absolute Gasteiger partial charge is 0.325 e. The summed E-state index contributed by atoms with van der Waals surface area (Å²) in [4.78, 5) is 38.8. The number of carbonyl (C=O) groups excluding carboxylic acids is 3. The number of para-hydroxylation sites is 1. The van der Waals surface area contributed by atoms with E-state index in [0.29, 0.717) is 17.7 Å². The first kappa shape index (κ1) is 19.4. The molecular formula is C21H23N3O4. The first-order chi connectivity index (χ1) is 13.5. The summed E-state index contributed by atoms with van der Waals surface area (Å²) < 4.78 is 5.26. The molecule has 1 saturated heterocycles. The molecule has 3 rings (SSSR count). The van der Waals surface area contributed by atoms with Gasteiger partial charge in [-0.2, -0.15) is 0 Å². The van der Waals surface area contributed by atoms with E-state index in [2.05, 4.69) is 10.6 Å². The minimum atomic E-state index is -1.14. The largest absolute Gasteiger partial charge is 0.496 e. The maximum absolute atomic E-state index is 13.0. The lowest BCUT2D eigenvalue weighted by molar-refractivity contribution is -0.135. The van der Waals surface area contributed by atoms with Crippen molar-refractivity contribution in [2.45, 2.75) is 25.4 Å². The molecule has 2 aromatic rings. The maximum atomic E-state index is 13.0. The van der Waals surface area contributed by atoms with Gasteiger partial charge in [0, 0.05) is 12.1 Å². The Balaban J connectivity index is 1.69. The van der Waals surface area contributed by atoms with E-state index in [1.165, 1.54) is 0 Å². The van der Waals surface area contributed by atoms with Crippen LogP contribution in [0.4, 0.5) is 4.79 Å². The number of rotatable bonds is 7. The average Bonchev–Trinajstić information content (AvgIpc) is 2.98. The van der Waals surface area contributed by atoms with Crippen LogP contribution >= 0.6 is 0 Å². The lowest BCUT2D eigenvalue weighted by atomic mass is 9.87. The van der Waals surface area contributed by atoms with E-state index in [-0.39, 0.29) is 13.1 Å². The molecule has 0 bridgehead atoms. The van der Waals surface area contributed by atoms with Crippen LogP contribution in [0.25, 0.3) is 0 Å². The number of methoxy groups -OCH3 is 1. The summed E-state index contributed by atoms with van der Waals surface area (Å²) in [6.07, 6.45) is 0.390. The molecule has 146 valence electrons. The first-order valence-electron chi connectivity index (χ1n) is 9.10. The molecule has 28 heavy (non-hydrogen) atoms. The van der Waals surface area contributed by atoms with Crippen LogP contribution in [-0.4, -0.2) is 36.4 Å². The summed E-state index contributed by atoms with van der Waals surface area (Å²) in [5.41, 5.74) is 0.372. The molecular weight excluding hydrogens is 358 g/mol. The van der Waals surface area contributed by atoms with Gasteiger partial charge in [-0.25, -0.2) is 4.79 Å². The highest BCUT2D eigenvalue weighted by atomic mass is 16.5. The molecule has 0 aromatic heterocycles. The van der Waals surface area contributed by atoms with Gasteiger partial charge >= 0.3 is 6.03 Å². The van der Waals surface area contributed by atoms with E-state index < -0.39 is 23.4 Å². The fraction of sp³-hybridized carbons (Fsp3) is 0.286. The number of imide groups is 1. The average molecular weight is 381 g/mol. The zero-order valence-electron chi connectivity index (χ0n) is 15.9. The van der Waals surface area contributed by atoms with Gasteiger partial charge in [0.25, 0.3) is 5.91 Å². The van der Waals surface area contributed by atoms with Gasteiger partial charge in [0.2, 0.25) is 5.91 Å². The van der Waals surface area contributed by atoms with E-state index in [1.807, 2.05) is 43.3 Å². The van der Waals surface area contributed by atoms with Crippen molar-refractivity contribution >= 4 is 17.8 Å². The predicted octanol–water partition coefficient (Wildman–Crippen LogP) is 2.17. The Bertz CT molecular complexity index is 884. The van der Waals surface area contributed by atoms with Crippen molar-refractivity contribution in [2.75, 3.05) is 13.7 Å². The molecule has 7 heteroatoms. The zero-order valence-corrected chi connectivity index (χ0v) is 15.9. The number of carbonyl (C=O) groups is 3. The fourth-order valence-electron chi connectivity index (χ4n) is 3.37. The second-order valence-corrected chi connectivity index (χ2v) is 6.53. The van der Waals surface area contributed by atoms with Crippen molar-refractivity contribution < 1.29 is 19.1 Å². The number of benzene rings is 2. The van der Waals surface area contributed by atoms with Crippen LogP contribution in [0.5, 0.6) is 5.75 Å². The molecule has 2 aromatic carbocycles. The van der Waals surface area contributed by atoms with Crippen LogP contribution in [0.3, 0.4) is 0 Å². The normalized spacial score (nSPS) is 18.7. The molecule has 7 nitrogen and oxygen atoms in total. The summed E-state index contributed by atoms with van der Waals surface area (Å²) in [6.45, 7) is 1.73. The summed E-state index contributed by atoms with van der Waals surface area (Å²) in [5, 5.41) is 5.50. The Hall–Kier alpha value is -3.35. The van der Waals surface area contributed by atoms with Gasteiger partial charge < -0.3 is 15.4 Å². The molecule has 1 fully saturated rings. The lowest BCUT2D eigenvalue weighted by Gasteiger charge is -2.25. The van der Waals surface area contributed by atoms with Crippen LogP contribution in [0.15, 0.2) is 54.6 Å². The fourth-order valence-corrected chi connectivity index (χ4v) is 3.37. The second-order valence-electron chi connectivity index (χ2n) is 6.53. The van der Waals surface area contributed by atoms with Crippen molar-refractivity contribution in [1.82, 2.24) is 15.5 Å². The predicted molar refractivity (Wildman–Crippen MR) is 103 cm³/mol. The highest BCUT2D eigenvalue weighted by Crippen LogP contribution is 2.32. The van der Waals surface area contributed by atoms with Crippen LogP contribution in [-0.2, 0) is 21.7 Å². The molecule has 2 N–H and O–H groups in total. The summed E-state index contributed by atoms with van der Waals surface area (Å²) in [6, 6.07) is 15.8. The van der Waals surface area contributed by atoms with Crippen molar-refractivity contribution in [3.05, 3.63) is 65.7 Å². The highest BCUT2D eigenvalue weighted by Gasteiger charge is 2.51. The maximum Gasteiger partial charge on any atom is 0.325 e. The second kappa shape index (κ2) is 8.12. The Morgan fingerprint density at radius 2 is 1.79 bits per heavy atom. The van der Waals surface area contributed by atoms with Crippen molar-refractivity contribution in [3.8, 4) is 5.75 Å². The molecule has 0 aliphatic carbocycles. The quantitative estimate of drug-likeness (QED) is 0.720. The van der Waals surface area contributed by atoms with E-state index in [4.69, 9.17) is 4.74 Å². The Morgan fingerprint density at radius 3 is 2.46 bits per heavy atom. The Kier molecular flexibility index (Phi) is 5.63. The summed E-state index contributed by atoms with van der Waals surface area (Å²) in [7, 11) is 1.56. The van der Waals surface area contributed by atoms with Gasteiger partial charge in [-0.05, 0) is 18.1 Å². The van der Waals surface area contributed by atoms with Gasteiger partial charge in [0.1, 0.15) is 17.8 Å². The van der Waals surface area contributed by atoms with Crippen LogP contribution in [0.1, 0.15) is 24.5 Å². The van der Waals surface area contributed by atoms with Crippen molar-refractivity contribution in [2.24, 2.45) is 0 Å². The van der Waals surface area contributed by atoms with E-state index in [9.17, 15) is 14.4 Å². The number of hydrogen-bond donors (Lipinski definition) is 2. The monoisotopic (exact) mass is 381 g/mol. The van der Waals surface area contributed by atoms with E-state index in [1.54, 1.807) is 25.3 Å². The molecule has 1 aliphatic heterocycles. The molecule has 1 atom stereocenters. The van der Waals surface area contributed by atoms with Crippen molar-refractivity contribution in [1.29, 1.82) is 0 Å². The Morgan fingerprint density at radius 1 is 1.11 bits per heavy atom. The third-order valence-corrected chi connectivity index (χ3v) is 4.94. The molecule has 0 saturated carbocycles. The molecule has 0 unspecified atom stereocenters. The minimum Gasteiger partial charge on any atom is -0.496 e. The molecule has 0 radical (unpaired) electrons. The number of amides is 4. The van der Waals surface area contributed by atoms with Crippen molar-refractivity contribution in [3.63, 3.8) is 0 Å². The Labute approximate surface area is 163 Å². The highest BCUT2D eigenvalue weighted by molar-refractivity contribution is 6.09. The third-order valence-electron chi connectivity index (χ3n) is 4.94. The standard InChI is InChI=1S/C21H23N3O4/c1-3-21(16-10-5-4-6-11-16)19(26)24(20(27)23-21)14-18(25)22-13-15-9-7-8-12-17(15)28-2/h4-12H,3,13-14H2,1-2H3,(H,22,25)(H,23,27)/t21-/m0/s1. The zero-order chi connectivity index (χ0) is 20.1.